The lowest BCUT2D eigenvalue weighted by molar-refractivity contribution is -0.126. The van der Waals surface area contributed by atoms with Crippen LogP contribution in [-0.2, 0) is 4.79 Å². The van der Waals surface area contributed by atoms with Crippen LogP contribution in [0.1, 0.15) is 5.56 Å². The molecule has 3 rings (SSSR count). The van der Waals surface area contributed by atoms with Gasteiger partial charge in [-0.25, -0.2) is 9.97 Å². The Bertz CT molecular complexity index is 744. The van der Waals surface area contributed by atoms with Gasteiger partial charge in [0, 0.05) is 44.6 Å². The fourth-order valence-electron chi connectivity index (χ4n) is 2.47. The molecule has 124 valence electrons. The van der Waals surface area contributed by atoms with Crippen LogP contribution in [0.5, 0.6) is 0 Å². The molecule has 5 nitrogen and oxygen atoms in total. The van der Waals surface area contributed by atoms with Crippen molar-refractivity contribution in [1.82, 2.24) is 14.9 Å². The van der Waals surface area contributed by atoms with Gasteiger partial charge in [0.1, 0.15) is 0 Å². The van der Waals surface area contributed by atoms with Crippen molar-refractivity contribution in [2.75, 3.05) is 31.1 Å². The lowest BCUT2D eigenvalue weighted by Crippen LogP contribution is -2.48. The maximum Gasteiger partial charge on any atom is 0.246 e. The summed E-state index contributed by atoms with van der Waals surface area (Å²) in [6.07, 6.45) is 6.76. The molecule has 0 bridgehead atoms. The highest BCUT2D eigenvalue weighted by Gasteiger charge is 2.20. The third kappa shape index (κ3) is 4.04. The second kappa shape index (κ2) is 7.64. The molecule has 1 aliphatic heterocycles. The van der Waals surface area contributed by atoms with E-state index >= 15 is 0 Å². The van der Waals surface area contributed by atoms with Crippen molar-refractivity contribution < 1.29 is 4.79 Å². The van der Waals surface area contributed by atoms with Crippen molar-refractivity contribution in [3.05, 3.63) is 58.3 Å². The van der Waals surface area contributed by atoms with Crippen LogP contribution in [0.2, 0.25) is 10.0 Å². The number of amides is 1. The minimum absolute atomic E-state index is 0.0188. The van der Waals surface area contributed by atoms with E-state index in [4.69, 9.17) is 23.2 Å². The molecule has 0 saturated carbocycles. The lowest BCUT2D eigenvalue weighted by Gasteiger charge is -2.34. The van der Waals surface area contributed by atoms with E-state index in [9.17, 15) is 4.79 Å². The van der Waals surface area contributed by atoms with Gasteiger partial charge in [-0.1, -0.05) is 29.3 Å². The number of piperazine rings is 1. The molecule has 1 aromatic heterocycles. The first-order valence-corrected chi connectivity index (χ1v) is 8.33. The van der Waals surface area contributed by atoms with Crippen molar-refractivity contribution >= 4 is 41.1 Å². The number of benzene rings is 1. The number of anilines is 1. The molecule has 1 saturated heterocycles. The van der Waals surface area contributed by atoms with Gasteiger partial charge in [-0.15, -0.1) is 0 Å². The Morgan fingerprint density at radius 1 is 1.04 bits per heavy atom. The summed E-state index contributed by atoms with van der Waals surface area (Å²) in [6.45, 7) is 2.72. The Hall–Kier alpha value is -2.11. The summed E-state index contributed by atoms with van der Waals surface area (Å²) in [6, 6.07) is 7.06. The zero-order valence-corrected chi connectivity index (χ0v) is 14.4. The summed E-state index contributed by atoms with van der Waals surface area (Å²) in [5.74, 6) is 0.686. The van der Waals surface area contributed by atoms with E-state index in [0.29, 0.717) is 29.1 Å². The summed E-state index contributed by atoms with van der Waals surface area (Å²) in [5.41, 5.74) is 0.842. The third-order valence-electron chi connectivity index (χ3n) is 3.79. The first kappa shape index (κ1) is 16.7. The van der Waals surface area contributed by atoms with Gasteiger partial charge in [-0.3, -0.25) is 4.79 Å². The molecule has 24 heavy (non-hydrogen) atoms. The molecule has 0 unspecified atom stereocenters. The number of rotatable bonds is 3. The lowest BCUT2D eigenvalue weighted by atomic mass is 10.2. The summed E-state index contributed by atoms with van der Waals surface area (Å²) in [4.78, 5) is 24.7. The summed E-state index contributed by atoms with van der Waals surface area (Å²) < 4.78 is 0. The molecule has 0 radical (unpaired) electrons. The van der Waals surface area contributed by atoms with Gasteiger partial charge in [0.05, 0.1) is 10.0 Å². The number of aromatic nitrogens is 2. The molecule has 0 N–H and O–H groups in total. The number of hydrogen-bond acceptors (Lipinski definition) is 4. The number of nitrogens with zero attached hydrogens (tertiary/aromatic N) is 4. The fraction of sp³-hybridized carbons (Fsp3) is 0.235. The van der Waals surface area contributed by atoms with Gasteiger partial charge >= 0.3 is 0 Å². The fourth-order valence-corrected chi connectivity index (χ4v) is 2.78. The molecule has 7 heteroatoms. The van der Waals surface area contributed by atoms with Crippen molar-refractivity contribution in [3.8, 4) is 0 Å². The van der Waals surface area contributed by atoms with Crippen LogP contribution in [0.4, 0.5) is 5.95 Å². The predicted octanol–water partition coefficient (Wildman–Crippen LogP) is 3.15. The zero-order valence-electron chi connectivity index (χ0n) is 12.9. The van der Waals surface area contributed by atoms with Crippen LogP contribution >= 0.6 is 23.2 Å². The van der Waals surface area contributed by atoms with Crippen molar-refractivity contribution in [1.29, 1.82) is 0 Å². The van der Waals surface area contributed by atoms with E-state index in [1.54, 1.807) is 42.7 Å². The Morgan fingerprint density at radius 3 is 2.42 bits per heavy atom. The predicted molar refractivity (Wildman–Crippen MR) is 96.3 cm³/mol. The molecular formula is C17H16Cl2N4O. The maximum atomic E-state index is 12.3. The maximum absolute atomic E-state index is 12.3. The van der Waals surface area contributed by atoms with E-state index in [1.165, 1.54) is 0 Å². The van der Waals surface area contributed by atoms with E-state index in [2.05, 4.69) is 14.9 Å². The highest BCUT2D eigenvalue weighted by Crippen LogP contribution is 2.23. The van der Waals surface area contributed by atoms with Crippen LogP contribution in [0.15, 0.2) is 42.7 Å². The van der Waals surface area contributed by atoms with Gasteiger partial charge in [-0.2, -0.15) is 0 Å². The van der Waals surface area contributed by atoms with E-state index in [0.717, 1.165) is 18.7 Å². The minimum atomic E-state index is -0.0188. The van der Waals surface area contributed by atoms with Crippen molar-refractivity contribution in [2.45, 2.75) is 0 Å². The quantitative estimate of drug-likeness (QED) is 0.787. The number of carbonyl (C=O) groups excluding carboxylic acids is 1. The molecule has 2 aromatic rings. The standard InChI is InChI=1S/C17H16Cl2N4O/c18-14-4-2-13(12-15(14)19)3-5-16(24)22-8-10-23(11-9-22)17-20-6-1-7-21-17/h1-7,12H,8-11H2/b5-3+. The topological polar surface area (TPSA) is 49.3 Å². The van der Waals surface area contributed by atoms with E-state index in [1.807, 2.05) is 11.0 Å². The minimum Gasteiger partial charge on any atom is -0.337 e. The Labute approximate surface area is 150 Å². The average Bonchev–Trinajstić information content (AvgIpc) is 2.63. The van der Waals surface area contributed by atoms with Gasteiger partial charge in [-0.05, 0) is 29.8 Å². The molecule has 1 fully saturated rings. The van der Waals surface area contributed by atoms with Crippen molar-refractivity contribution in [3.63, 3.8) is 0 Å². The largest absolute Gasteiger partial charge is 0.337 e. The van der Waals surface area contributed by atoms with Gasteiger partial charge < -0.3 is 9.80 Å². The van der Waals surface area contributed by atoms with Gasteiger partial charge in [0.15, 0.2) is 0 Å². The monoisotopic (exact) mass is 362 g/mol. The number of hydrogen-bond donors (Lipinski definition) is 0. The van der Waals surface area contributed by atoms with Crippen LogP contribution in [0, 0.1) is 0 Å². The first-order valence-electron chi connectivity index (χ1n) is 7.57. The van der Waals surface area contributed by atoms with E-state index in [-0.39, 0.29) is 5.91 Å². The second-order valence-electron chi connectivity index (χ2n) is 5.37. The average molecular weight is 363 g/mol. The summed E-state index contributed by atoms with van der Waals surface area (Å²) in [5, 5.41) is 0.974. The molecule has 0 atom stereocenters. The number of halogens is 2. The molecule has 2 heterocycles. The molecule has 1 aromatic carbocycles. The Morgan fingerprint density at radius 2 is 1.75 bits per heavy atom. The summed E-state index contributed by atoms with van der Waals surface area (Å²) in [7, 11) is 0. The van der Waals surface area contributed by atoms with E-state index < -0.39 is 0 Å². The molecule has 0 spiro atoms. The zero-order chi connectivity index (χ0) is 16.9. The van der Waals surface area contributed by atoms with Crippen LogP contribution in [0.25, 0.3) is 6.08 Å². The molecule has 1 aliphatic rings. The highest BCUT2D eigenvalue weighted by atomic mass is 35.5. The number of carbonyl (C=O) groups is 1. The summed E-state index contributed by atoms with van der Waals surface area (Å²) >= 11 is 11.9. The Balaban J connectivity index is 1.57. The van der Waals surface area contributed by atoms with Crippen LogP contribution in [-0.4, -0.2) is 47.0 Å². The highest BCUT2D eigenvalue weighted by molar-refractivity contribution is 6.42. The molecular weight excluding hydrogens is 347 g/mol. The Kier molecular flexibility index (Phi) is 5.33. The normalized spacial score (nSPS) is 15.1. The second-order valence-corrected chi connectivity index (χ2v) is 6.18. The third-order valence-corrected chi connectivity index (χ3v) is 4.53. The van der Waals surface area contributed by atoms with Crippen LogP contribution in [0.3, 0.4) is 0 Å². The molecule has 0 aliphatic carbocycles. The first-order chi connectivity index (χ1) is 11.6. The SMILES string of the molecule is O=C(/C=C/c1ccc(Cl)c(Cl)c1)N1CCN(c2ncccn2)CC1. The smallest absolute Gasteiger partial charge is 0.246 e. The van der Waals surface area contributed by atoms with Gasteiger partial charge in [0.2, 0.25) is 11.9 Å². The van der Waals surface area contributed by atoms with Crippen molar-refractivity contribution in [2.24, 2.45) is 0 Å². The van der Waals surface area contributed by atoms with Gasteiger partial charge in [0.25, 0.3) is 0 Å². The molecule has 1 amide bonds. The van der Waals surface area contributed by atoms with Crippen LogP contribution < -0.4 is 4.90 Å².